The lowest BCUT2D eigenvalue weighted by atomic mass is 10.3. The average molecular weight is 285 g/mol. The quantitative estimate of drug-likeness (QED) is 0.934. The Kier molecular flexibility index (Phi) is 3.92. The number of nitrogens with zero attached hydrogens (tertiary/aromatic N) is 2. The van der Waals surface area contributed by atoms with E-state index >= 15 is 0 Å². The van der Waals surface area contributed by atoms with Crippen LogP contribution < -0.4 is 15.2 Å². The molecule has 0 bridgehead atoms. The molecule has 20 heavy (non-hydrogen) atoms. The number of rotatable bonds is 4. The Morgan fingerprint density at radius 2 is 1.75 bits per heavy atom. The summed E-state index contributed by atoms with van der Waals surface area (Å²) in [5, 5.41) is 0. The van der Waals surface area contributed by atoms with Crippen molar-refractivity contribution in [1.29, 1.82) is 0 Å². The molecule has 2 aromatic rings. The molecule has 1 aromatic carbocycles. The lowest BCUT2D eigenvalue weighted by Crippen LogP contribution is -2.17. The van der Waals surface area contributed by atoms with Crippen LogP contribution >= 0.6 is 0 Å². The molecule has 0 amide bonds. The van der Waals surface area contributed by atoms with Gasteiger partial charge in [-0.2, -0.15) is 0 Å². The lowest BCUT2D eigenvalue weighted by molar-refractivity contribution is -0.275. The third kappa shape index (κ3) is 4.01. The first-order valence-electron chi connectivity index (χ1n) is 5.48. The number of aromatic nitrogens is 2. The van der Waals surface area contributed by atoms with Crippen molar-refractivity contribution >= 4 is 5.82 Å². The fourth-order valence-corrected chi connectivity index (χ4v) is 1.37. The predicted octanol–water partition coefficient (Wildman–Crippen LogP) is 2.54. The molecule has 0 aliphatic rings. The number of ether oxygens (including phenoxy) is 2. The van der Waals surface area contributed by atoms with Gasteiger partial charge in [0.1, 0.15) is 12.4 Å². The molecule has 2 N–H and O–H groups in total. The third-order valence-electron chi connectivity index (χ3n) is 2.18. The number of alkyl halides is 3. The zero-order valence-corrected chi connectivity index (χ0v) is 10.1. The molecule has 0 aliphatic heterocycles. The smallest absolute Gasteiger partial charge is 0.483 e. The van der Waals surface area contributed by atoms with Crippen molar-refractivity contribution in [2.24, 2.45) is 0 Å². The van der Waals surface area contributed by atoms with Gasteiger partial charge in [0, 0.05) is 0 Å². The molecule has 0 atom stereocenters. The van der Waals surface area contributed by atoms with Crippen LogP contribution in [0, 0.1) is 0 Å². The second-order valence-corrected chi connectivity index (χ2v) is 3.72. The second-order valence-electron chi connectivity index (χ2n) is 3.72. The lowest BCUT2D eigenvalue weighted by Gasteiger charge is -2.13. The summed E-state index contributed by atoms with van der Waals surface area (Å²) >= 11 is 0. The van der Waals surface area contributed by atoms with Gasteiger partial charge in [-0.25, -0.2) is 4.98 Å². The number of nitrogen functional groups attached to an aromatic ring is 1. The largest absolute Gasteiger partial charge is 0.573 e. The number of hydrogen-bond donors (Lipinski definition) is 1. The first-order valence-corrected chi connectivity index (χ1v) is 5.48. The van der Waals surface area contributed by atoms with Gasteiger partial charge in [0.05, 0.1) is 18.1 Å². The maximum absolute atomic E-state index is 12.2. The predicted molar refractivity (Wildman–Crippen MR) is 63.9 cm³/mol. The molecule has 0 aliphatic carbocycles. The van der Waals surface area contributed by atoms with E-state index in [9.17, 15) is 13.2 Å². The number of nitrogens with two attached hydrogens (primary N) is 1. The third-order valence-corrected chi connectivity index (χ3v) is 2.18. The summed E-state index contributed by atoms with van der Waals surface area (Å²) in [5.74, 6) is -0.207. The minimum Gasteiger partial charge on any atom is -0.483 e. The van der Waals surface area contributed by atoms with Gasteiger partial charge in [-0.3, -0.25) is 4.98 Å². The van der Waals surface area contributed by atoms with Gasteiger partial charge in [-0.1, -0.05) is 12.1 Å². The summed E-state index contributed by atoms with van der Waals surface area (Å²) in [6.45, 7) is -0.0501. The van der Waals surface area contributed by atoms with E-state index in [-0.39, 0.29) is 18.2 Å². The van der Waals surface area contributed by atoms with Crippen molar-refractivity contribution in [3.63, 3.8) is 0 Å². The van der Waals surface area contributed by atoms with E-state index in [1.165, 1.54) is 30.6 Å². The standard InChI is InChI=1S/C12H10F3N3O2/c13-12(14,15)20-10-4-2-1-3-9(10)19-7-8-5-18-11(16)6-17-8/h1-6H,7H2,(H2,16,18). The molecular formula is C12H10F3N3O2. The monoisotopic (exact) mass is 285 g/mol. The van der Waals surface area contributed by atoms with Crippen LogP contribution in [0.4, 0.5) is 19.0 Å². The topological polar surface area (TPSA) is 70.3 Å². The van der Waals surface area contributed by atoms with E-state index in [1.807, 2.05) is 0 Å². The van der Waals surface area contributed by atoms with Crippen LogP contribution in [-0.2, 0) is 6.61 Å². The maximum Gasteiger partial charge on any atom is 0.573 e. The molecule has 1 aromatic heterocycles. The van der Waals surface area contributed by atoms with Crippen LogP contribution in [0.3, 0.4) is 0 Å². The van der Waals surface area contributed by atoms with E-state index in [0.717, 1.165) is 6.07 Å². The van der Waals surface area contributed by atoms with Crippen molar-refractivity contribution in [3.05, 3.63) is 42.4 Å². The molecule has 1 heterocycles. The number of benzene rings is 1. The SMILES string of the molecule is Nc1cnc(COc2ccccc2OC(F)(F)F)cn1. The van der Waals surface area contributed by atoms with E-state index in [2.05, 4.69) is 14.7 Å². The van der Waals surface area contributed by atoms with Crippen LogP contribution in [0.5, 0.6) is 11.5 Å². The molecule has 5 nitrogen and oxygen atoms in total. The van der Waals surface area contributed by atoms with Gasteiger partial charge in [-0.05, 0) is 12.1 Å². The number of hydrogen-bond acceptors (Lipinski definition) is 5. The van der Waals surface area contributed by atoms with Crippen LogP contribution in [0.25, 0.3) is 0 Å². The number of anilines is 1. The molecule has 0 saturated carbocycles. The molecule has 0 radical (unpaired) electrons. The van der Waals surface area contributed by atoms with Crippen molar-refractivity contribution in [3.8, 4) is 11.5 Å². The molecular weight excluding hydrogens is 275 g/mol. The van der Waals surface area contributed by atoms with Gasteiger partial charge in [0.2, 0.25) is 0 Å². The highest BCUT2D eigenvalue weighted by Gasteiger charge is 2.32. The highest BCUT2D eigenvalue weighted by molar-refractivity contribution is 5.39. The minimum atomic E-state index is -4.78. The average Bonchev–Trinajstić information content (AvgIpc) is 2.38. The Morgan fingerprint density at radius 1 is 1.05 bits per heavy atom. The van der Waals surface area contributed by atoms with E-state index in [0.29, 0.717) is 5.69 Å². The number of halogens is 3. The molecule has 106 valence electrons. The normalized spacial score (nSPS) is 11.2. The summed E-state index contributed by atoms with van der Waals surface area (Å²) in [5.41, 5.74) is 5.80. The Balaban J connectivity index is 2.07. The van der Waals surface area contributed by atoms with Crippen molar-refractivity contribution in [1.82, 2.24) is 9.97 Å². The second kappa shape index (κ2) is 5.64. The highest BCUT2D eigenvalue weighted by Crippen LogP contribution is 2.32. The van der Waals surface area contributed by atoms with Crippen LogP contribution in [0.15, 0.2) is 36.7 Å². The van der Waals surface area contributed by atoms with Crippen molar-refractivity contribution in [2.75, 3.05) is 5.73 Å². The zero-order valence-electron chi connectivity index (χ0n) is 10.1. The van der Waals surface area contributed by atoms with Crippen LogP contribution in [-0.4, -0.2) is 16.3 Å². The van der Waals surface area contributed by atoms with Crippen molar-refractivity contribution < 1.29 is 22.6 Å². The van der Waals surface area contributed by atoms with Crippen molar-refractivity contribution in [2.45, 2.75) is 13.0 Å². The van der Waals surface area contributed by atoms with Crippen LogP contribution in [0.2, 0.25) is 0 Å². The molecule has 2 rings (SSSR count). The summed E-state index contributed by atoms with van der Waals surface area (Å²) in [6.07, 6.45) is -2.07. The first kappa shape index (κ1) is 13.9. The van der Waals surface area contributed by atoms with E-state index in [1.54, 1.807) is 0 Å². The van der Waals surface area contributed by atoms with Gasteiger partial charge in [-0.15, -0.1) is 13.2 Å². The van der Waals surface area contributed by atoms with Gasteiger partial charge < -0.3 is 15.2 Å². The summed E-state index contributed by atoms with van der Waals surface area (Å²) in [4.78, 5) is 7.72. The Morgan fingerprint density at radius 3 is 2.35 bits per heavy atom. The Hall–Kier alpha value is -2.51. The highest BCUT2D eigenvalue weighted by atomic mass is 19.4. The number of para-hydroxylation sites is 2. The molecule has 0 spiro atoms. The molecule has 0 fully saturated rings. The molecule has 0 unspecified atom stereocenters. The first-order chi connectivity index (χ1) is 9.44. The van der Waals surface area contributed by atoms with E-state index < -0.39 is 12.1 Å². The fraction of sp³-hybridized carbons (Fsp3) is 0.167. The molecule has 8 heteroatoms. The summed E-state index contributed by atoms with van der Waals surface area (Å²) in [6, 6.07) is 5.48. The zero-order chi connectivity index (χ0) is 14.6. The molecule has 0 saturated heterocycles. The summed E-state index contributed by atoms with van der Waals surface area (Å²) in [7, 11) is 0. The van der Waals surface area contributed by atoms with Gasteiger partial charge in [0.15, 0.2) is 11.5 Å². The van der Waals surface area contributed by atoms with Gasteiger partial charge >= 0.3 is 6.36 Å². The van der Waals surface area contributed by atoms with Crippen LogP contribution in [0.1, 0.15) is 5.69 Å². The fourth-order valence-electron chi connectivity index (χ4n) is 1.37. The summed E-state index contributed by atoms with van der Waals surface area (Å²) < 4.78 is 45.7. The Labute approximate surface area is 112 Å². The Bertz CT molecular complexity index is 573. The van der Waals surface area contributed by atoms with E-state index in [4.69, 9.17) is 10.5 Å². The van der Waals surface area contributed by atoms with Gasteiger partial charge in [0.25, 0.3) is 0 Å². The maximum atomic E-state index is 12.2. The minimum absolute atomic E-state index is 0.0385.